The number of benzene rings is 1. The Morgan fingerprint density at radius 1 is 1.28 bits per heavy atom. The summed E-state index contributed by atoms with van der Waals surface area (Å²) in [6.45, 7) is 0.0731. The van der Waals surface area contributed by atoms with E-state index in [1.54, 1.807) is 18.2 Å². The van der Waals surface area contributed by atoms with E-state index in [1.807, 2.05) is 0 Å². The highest BCUT2D eigenvalue weighted by atomic mass is 16.5. The molecule has 0 saturated heterocycles. The Kier molecular flexibility index (Phi) is 5.26. The van der Waals surface area contributed by atoms with Gasteiger partial charge in [0.1, 0.15) is 6.04 Å². The summed E-state index contributed by atoms with van der Waals surface area (Å²) in [5.41, 5.74) is 0.622. The molecule has 100 valence electrons. The summed E-state index contributed by atoms with van der Waals surface area (Å²) < 4.78 is 15.1. The maximum absolute atomic E-state index is 11.0. The summed E-state index contributed by atoms with van der Waals surface area (Å²) in [5.74, 6) is 0.136. The van der Waals surface area contributed by atoms with Gasteiger partial charge in [-0.05, 0) is 12.1 Å². The third kappa shape index (κ3) is 3.53. The Morgan fingerprint density at radius 2 is 1.94 bits per heavy atom. The molecular weight excluding hydrogens is 238 g/mol. The van der Waals surface area contributed by atoms with Crippen LogP contribution in [0.25, 0.3) is 0 Å². The smallest absolute Gasteiger partial charge is 0.328 e. The van der Waals surface area contributed by atoms with E-state index in [9.17, 15) is 4.79 Å². The second-order valence-electron chi connectivity index (χ2n) is 3.56. The maximum Gasteiger partial charge on any atom is 0.328 e. The zero-order valence-electron chi connectivity index (χ0n) is 10.6. The highest BCUT2D eigenvalue weighted by molar-refractivity contribution is 5.77. The van der Waals surface area contributed by atoms with Gasteiger partial charge in [-0.1, -0.05) is 0 Å². The molecule has 0 fully saturated rings. The van der Waals surface area contributed by atoms with E-state index in [4.69, 9.17) is 19.3 Å². The van der Waals surface area contributed by atoms with Crippen molar-refractivity contribution < 1.29 is 24.1 Å². The van der Waals surface area contributed by atoms with Crippen molar-refractivity contribution in [2.75, 3.05) is 33.3 Å². The van der Waals surface area contributed by atoms with Gasteiger partial charge < -0.3 is 24.6 Å². The van der Waals surface area contributed by atoms with E-state index in [0.29, 0.717) is 17.2 Å². The summed E-state index contributed by atoms with van der Waals surface area (Å²) in [6, 6.07) is 4.28. The Bertz CT molecular complexity index is 407. The number of rotatable bonds is 7. The summed E-state index contributed by atoms with van der Waals surface area (Å²) >= 11 is 0. The molecule has 6 heteroatoms. The number of carbonyl (C=O) groups is 1. The predicted molar refractivity (Wildman–Crippen MR) is 66.5 cm³/mol. The topological polar surface area (TPSA) is 77.0 Å². The number of methoxy groups -OCH3 is 3. The van der Waals surface area contributed by atoms with Crippen LogP contribution in [0.5, 0.6) is 11.5 Å². The van der Waals surface area contributed by atoms with Crippen LogP contribution in [0, 0.1) is 0 Å². The van der Waals surface area contributed by atoms with Gasteiger partial charge in [0.2, 0.25) is 0 Å². The standard InChI is InChI=1S/C12H17NO5/c1-16-7-9(12(14)15)13-8-4-5-10(17-2)11(6-8)18-3/h4-6,9,13H,7H2,1-3H3,(H,14,15). The van der Waals surface area contributed by atoms with E-state index in [0.717, 1.165) is 0 Å². The highest BCUT2D eigenvalue weighted by Crippen LogP contribution is 2.29. The number of nitrogens with one attached hydrogen (secondary N) is 1. The Balaban J connectivity index is 2.86. The molecule has 1 aromatic carbocycles. The molecule has 18 heavy (non-hydrogen) atoms. The molecule has 0 bridgehead atoms. The molecule has 1 atom stereocenters. The van der Waals surface area contributed by atoms with Crippen LogP contribution in [0.2, 0.25) is 0 Å². The number of anilines is 1. The first-order valence-corrected chi connectivity index (χ1v) is 5.32. The summed E-state index contributed by atoms with van der Waals surface area (Å²) in [5, 5.41) is 11.8. The van der Waals surface area contributed by atoms with Gasteiger partial charge in [0, 0.05) is 18.9 Å². The minimum absolute atomic E-state index is 0.0731. The zero-order valence-corrected chi connectivity index (χ0v) is 10.6. The molecule has 0 radical (unpaired) electrons. The van der Waals surface area contributed by atoms with Gasteiger partial charge in [-0.2, -0.15) is 0 Å². The normalized spacial score (nSPS) is 11.7. The molecule has 2 N–H and O–H groups in total. The van der Waals surface area contributed by atoms with E-state index in [-0.39, 0.29) is 6.61 Å². The van der Waals surface area contributed by atoms with Crippen molar-refractivity contribution in [1.29, 1.82) is 0 Å². The minimum atomic E-state index is -0.980. The highest BCUT2D eigenvalue weighted by Gasteiger charge is 2.17. The predicted octanol–water partition coefficient (Wildman–Crippen LogP) is 1.22. The molecule has 0 aliphatic heterocycles. The molecular formula is C12H17NO5. The molecule has 1 rings (SSSR count). The van der Waals surface area contributed by atoms with Crippen molar-refractivity contribution in [2.45, 2.75) is 6.04 Å². The fraction of sp³-hybridized carbons (Fsp3) is 0.417. The average Bonchev–Trinajstić information content (AvgIpc) is 2.37. The van der Waals surface area contributed by atoms with Crippen LogP contribution in [0.4, 0.5) is 5.69 Å². The fourth-order valence-corrected chi connectivity index (χ4v) is 1.47. The minimum Gasteiger partial charge on any atom is -0.493 e. The van der Waals surface area contributed by atoms with Crippen molar-refractivity contribution in [1.82, 2.24) is 0 Å². The van der Waals surface area contributed by atoms with E-state index in [1.165, 1.54) is 21.3 Å². The van der Waals surface area contributed by atoms with E-state index < -0.39 is 12.0 Å². The maximum atomic E-state index is 11.0. The third-order valence-corrected chi connectivity index (χ3v) is 2.36. The number of hydrogen-bond acceptors (Lipinski definition) is 5. The number of carboxylic acid groups (broad SMARTS) is 1. The van der Waals surface area contributed by atoms with Gasteiger partial charge >= 0.3 is 5.97 Å². The SMILES string of the molecule is COCC(Nc1ccc(OC)c(OC)c1)C(=O)O. The van der Waals surface area contributed by atoms with Gasteiger partial charge in [0.05, 0.1) is 20.8 Å². The van der Waals surface area contributed by atoms with Gasteiger partial charge in [-0.15, -0.1) is 0 Å². The zero-order chi connectivity index (χ0) is 13.5. The van der Waals surface area contributed by atoms with Crippen LogP contribution in [-0.4, -0.2) is 45.1 Å². The lowest BCUT2D eigenvalue weighted by molar-refractivity contribution is -0.139. The van der Waals surface area contributed by atoms with Gasteiger partial charge in [0.25, 0.3) is 0 Å². The van der Waals surface area contributed by atoms with Crippen LogP contribution in [0.3, 0.4) is 0 Å². The summed E-state index contributed by atoms with van der Waals surface area (Å²) in [7, 11) is 4.51. The Hall–Kier alpha value is -1.95. The lowest BCUT2D eigenvalue weighted by Crippen LogP contribution is -2.33. The molecule has 0 aliphatic carbocycles. The van der Waals surface area contributed by atoms with Gasteiger partial charge in [0.15, 0.2) is 11.5 Å². The lowest BCUT2D eigenvalue weighted by atomic mass is 10.2. The Labute approximate surface area is 105 Å². The summed E-state index contributed by atoms with van der Waals surface area (Å²) in [4.78, 5) is 11.0. The molecule has 0 amide bonds. The number of hydrogen-bond donors (Lipinski definition) is 2. The van der Waals surface area contributed by atoms with Gasteiger partial charge in [-0.25, -0.2) is 4.79 Å². The Morgan fingerprint density at radius 3 is 2.44 bits per heavy atom. The van der Waals surface area contributed by atoms with Crippen LogP contribution >= 0.6 is 0 Å². The van der Waals surface area contributed by atoms with Crippen molar-refractivity contribution in [2.24, 2.45) is 0 Å². The van der Waals surface area contributed by atoms with Crippen molar-refractivity contribution in [3.8, 4) is 11.5 Å². The summed E-state index contributed by atoms with van der Waals surface area (Å²) in [6.07, 6.45) is 0. The molecule has 6 nitrogen and oxygen atoms in total. The van der Waals surface area contributed by atoms with E-state index in [2.05, 4.69) is 5.32 Å². The molecule has 0 saturated carbocycles. The molecule has 1 unspecified atom stereocenters. The van der Waals surface area contributed by atoms with Crippen LogP contribution in [-0.2, 0) is 9.53 Å². The fourth-order valence-electron chi connectivity index (χ4n) is 1.47. The molecule has 0 aliphatic rings. The monoisotopic (exact) mass is 255 g/mol. The average molecular weight is 255 g/mol. The molecule has 0 spiro atoms. The van der Waals surface area contributed by atoms with Gasteiger partial charge in [-0.3, -0.25) is 0 Å². The van der Waals surface area contributed by atoms with E-state index >= 15 is 0 Å². The van der Waals surface area contributed by atoms with Crippen LogP contribution in [0.1, 0.15) is 0 Å². The van der Waals surface area contributed by atoms with Crippen molar-refractivity contribution in [3.63, 3.8) is 0 Å². The van der Waals surface area contributed by atoms with Crippen molar-refractivity contribution in [3.05, 3.63) is 18.2 Å². The number of ether oxygens (including phenoxy) is 3. The quantitative estimate of drug-likeness (QED) is 0.762. The molecule has 0 aromatic heterocycles. The number of carboxylic acids is 1. The second kappa shape index (κ2) is 6.70. The van der Waals surface area contributed by atoms with Crippen LogP contribution < -0.4 is 14.8 Å². The van der Waals surface area contributed by atoms with Crippen LogP contribution in [0.15, 0.2) is 18.2 Å². The molecule has 1 aromatic rings. The first kappa shape index (κ1) is 14.1. The first-order valence-electron chi connectivity index (χ1n) is 5.32. The third-order valence-electron chi connectivity index (χ3n) is 2.36. The largest absolute Gasteiger partial charge is 0.493 e. The lowest BCUT2D eigenvalue weighted by Gasteiger charge is -2.16. The second-order valence-corrected chi connectivity index (χ2v) is 3.56. The van der Waals surface area contributed by atoms with Crippen molar-refractivity contribution >= 4 is 11.7 Å². The molecule has 0 heterocycles. The first-order chi connectivity index (χ1) is 8.62. The number of aliphatic carboxylic acids is 1.